The highest BCUT2D eigenvalue weighted by atomic mass is 16.3. The third-order valence-electron chi connectivity index (χ3n) is 1.43. The van der Waals surface area contributed by atoms with Crippen molar-refractivity contribution in [1.82, 2.24) is 4.98 Å². The van der Waals surface area contributed by atoms with Gasteiger partial charge in [0.2, 0.25) is 5.91 Å². The highest BCUT2D eigenvalue weighted by Gasteiger charge is 1.98. The Bertz CT molecular complexity index is 269. The Hall–Kier alpha value is -1.42. The lowest BCUT2D eigenvalue weighted by Gasteiger charge is -1.97. The van der Waals surface area contributed by atoms with Gasteiger partial charge in [0.15, 0.2) is 0 Å². The second-order valence-electron chi connectivity index (χ2n) is 2.46. The van der Waals surface area contributed by atoms with E-state index in [2.05, 4.69) is 4.98 Å². The Morgan fingerprint density at radius 1 is 1.58 bits per heavy atom. The summed E-state index contributed by atoms with van der Waals surface area (Å²) in [5.74, 6) is -0.381. The van der Waals surface area contributed by atoms with Gasteiger partial charge in [0.25, 0.3) is 0 Å². The second kappa shape index (κ2) is 3.82. The minimum Gasteiger partial charge on any atom is -0.390 e. The van der Waals surface area contributed by atoms with Crippen LogP contribution in [-0.2, 0) is 17.8 Å². The van der Waals surface area contributed by atoms with Gasteiger partial charge < -0.3 is 10.8 Å². The molecule has 1 aromatic rings. The number of amides is 1. The van der Waals surface area contributed by atoms with Crippen LogP contribution in [0.4, 0.5) is 0 Å². The highest BCUT2D eigenvalue weighted by molar-refractivity contribution is 5.76. The van der Waals surface area contributed by atoms with E-state index >= 15 is 0 Å². The first-order chi connectivity index (χ1) is 5.72. The molecule has 1 rings (SSSR count). The van der Waals surface area contributed by atoms with Gasteiger partial charge in [-0.2, -0.15) is 0 Å². The topological polar surface area (TPSA) is 76.2 Å². The SMILES string of the molecule is NC(=O)Cc1ccc(CO)nc1. The molecule has 0 aromatic carbocycles. The van der Waals surface area contributed by atoms with Crippen LogP contribution in [-0.4, -0.2) is 16.0 Å². The van der Waals surface area contributed by atoms with Crippen molar-refractivity contribution >= 4 is 5.91 Å². The molecule has 4 nitrogen and oxygen atoms in total. The van der Waals surface area contributed by atoms with E-state index in [9.17, 15) is 4.79 Å². The monoisotopic (exact) mass is 166 g/mol. The molecule has 0 saturated carbocycles. The fourth-order valence-corrected chi connectivity index (χ4v) is 0.854. The van der Waals surface area contributed by atoms with Crippen molar-refractivity contribution in [3.8, 4) is 0 Å². The minimum absolute atomic E-state index is 0.0865. The Kier molecular flexibility index (Phi) is 2.76. The molecular weight excluding hydrogens is 156 g/mol. The van der Waals surface area contributed by atoms with Crippen LogP contribution in [0.15, 0.2) is 18.3 Å². The van der Waals surface area contributed by atoms with E-state index in [1.807, 2.05) is 0 Å². The number of hydrogen-bond acceptors (Lipinski definition) is 3. The number of primary amides is 1. The van der Waals surface area contributed by atoms with Crippen molar-refractivity contribution in [2.24, 2.45) is 5.73 Å². The first-order valence-electron chi connectivity index (χ1n) is 3.55. The molecule has 0 atom stereocenters. The van der Waals surface area contributed by atoms with E-state index < -0.39 is 0 Å². The molecular formula is C8H10N2O2. The molecule has 0 spiro atoms. The van der Waals surface area contributed by atoms with Crippen LogP contribution >= 0.6 is 0 Å². The van der Waals surface area contributed by atoms with Crippen molar-refractivity contribution in [2.45, 2.75) is 13.0 Å². The zero-order chi connectivity index (χ0) is 8.97. The van der Waals surface area contributed by atoms with Crippen molar-refractivity contribution < 1.29 is 9.90 Å². The summed E-state index contributed by atoms with van der Waals surface area (Å²) in [6.45, 7) is -0.0865. The number of aliphatic hydroxyl groups excluding tert-OH is 1. The summed E-state index contributed by atoms with van der Waals surface area (Å²) in [4.78, 5) is 14.4. The number of carbonyl (C=O) groups is 1. The second-order valence-corrected chi connectivity index (χ2v) is 2.46. The molecule has 0 bridgehead atoms. The van der Waals surface area contributed by atoms with E-state index in [0.717, 1.165) is 5.56 Å². The van der Waals surface area contributed by atoms with Crippen LogP contribution in [0, 0.1) is 0 Å². The first-order valence-corrected chi connectivity index (χ1v) is 3.55. The van der Waals surface area contributed by atoms with E-state index in [1.54, 1.807) is 12.1 Å². The summed E-state index contributed by atoms with van der Waals surface area (Å²) in [6, 6.07) is 3.39. The Morgan fingerprint density at radius 2 is 2.33 bits per heavy atom. The van der Waals surface area contributed by atoms with E-state index in [-0.39, 0.29) is 18.9 Å². The van der Waals surface area contributed by atoms with E-state index in [0.29, 0.717) is 5.69 Å². The lowest BCUT2D eigenvalue weighted by atomic mass is 10.2. The molecule has 1 aromatic heterocycles. The standard InChI is InChI=1S/C8H10N2O2/c9-8(12)3-6-1-2-7(5-11)10-4-6/h1-2,4,11H,3,5H2,(H2,9,12). The van der Waals surface area contributed by atoms with Crippen LogP contribution in [0.5, 0.6) is 0 Å². The maximum Gasteiger partial charge on any atom is 0.221 e. The quantitative estimate of drug-likeness (QED) is 0.641. The normalized spacial score (nSPS) is 9.75. The van der Waals surface area contributed by atoms with Gasteiger partial charge in [-0.05, 0) is 11.6 Å². The summed E-state index contributed by atoms with van der Waals surface area (Å²) in [5.41, 5.74) is 6.33. The summed E-state index contributed by atoms with van der Waals surface area (Å²) in [5, 5.41) is 8.66. The third-order valence-corrected chi connectivity index (χ3v) is 1.43. The summed E-state index contributed by atoms with van der Waals surface area (Å²) in [6.07, 6.45) is 1.73. The van der Waals surface area contributed by atoms with Crippen LogP contribution in [0.3, 0.4) is 0 Å². The first kappa shape index (κ1) is 8.67. The number of nitrogens with zero attached hydrogens (tertiary/aromatic N) is 1. The molecule has 0 aliphatic rings. The van der Waals surface area contributed by atoms with Crippen LogP contribution in [0.25, 0.3) is 0 Å². The van der Waals surface area contributed by atoms with Gasteiger partial charge in [0.05, 0.1) is 18.7 Å². The number of carbonyl (C=O) groups excluding carboxylic acids is 1. The zero-order valence-corrected chi connectivity index (χ0v) is 6.53. The van der Waals surface area contributed by atoms with Gasteiger partial charge in [0, 0.05) is 6.20 Å². The average molecular weight is 166 g/mol. The molecule has 4 heteroatoms. The molecule has 0 radical (unpaired) electrons. The maximum atomic E-state index is 10.5. The molecule has 0 unspecified atom stereocenters. The number of hydrogen-bond donors (Lipinski definition) is 2. The number of nitrogens with two attached hydrogens (primary N) is 1. The molecule has 0 saturated heterocycles. The Morgan fingerprint density at radius 3 is 2.75 bits per heavy atom. The maximum absolute atomic E-state index is 10.5. The summed E-state index contributed by atoms with van der Waals surface area (Å²) in [7, 11) is 0. The zero-order valence-electron chi connectivity index (χ0n) is 6.53. The number of rotatable bonds is 3. The molecule has 1 heterocycles. The molecule has 3 N–H and O–H groups in total. The van der Waals surface area contributed by atoms with Crippen molar-refractivity contribution in [3.63, 3.8) is 0 Å². The smallest absolute Gasteiger partial charge is 0.221 e. The predicted octanol–water partition coefficient (Wildman–Crippen LogP) is -0.398. The van der Waals surface area contributed by atoms with Crippen molar-refractivity contribution in [2.75, 3.05) is 0 Å². The number of aliphatic hydroxyl groups is 1. The lowest BCUT2D eigenvalue weighted by Crippen LogP contribution is -2.13. The molecule has 0 aliphatic heterocycles. The summed E-state index contributed by atoms with van der Waals surface area (Å²) >= 11 is 0. The molecule has 64 valence electrons. The number of aromatic nitrogens is 1. The largest absolute Gasteiger partial charge is 0.390 e. The van der Waals surface area contributed by atoms with Crippen molar-refractivity contribution in [1.29, 1.82) is 0 Å². The van der Waals surface area contributed by atoms with Crippen LogP contribution in [0.1, 0.15) is 11.3 Å². The molecule has 0 fully saturated rings. The van der Waals surface area contributed by atoms with Gasteiger partial charge in [-0.15, -0.1) is 0 Å². The van der Waals surface area contributed by atoms with Gasteiger partial charge in [-0.3, -0.25) is 9.78 Å². The van der Waals surface area contributed by atoms with Crippen LogP contribution < -0.4 is 5.73 Å². The average Bonchev–Trinajstić information content (AvgIpc) is 2.05. The Balaban J connectivity index is 2.71. The van der Waals surface area contributed by atoms with Crippen molar-refractivity contribution in [3.05, 3.63) is 29.6 Å². The fraction of sp³-hybridized carbons (Fsp3) is 0.250. The minimum atomic E-state index is -0.381. The predicted molar refractivity (Wildman–Crippen MR) is 43.1 cm³/mol. The fourth-order valence-electron chi connectivity index (χ4n) is 0.854. The molecule has 1 amide bonds. The Labute approximate surface area is 70.0 Å². The van der Waals surface area contributed by atoms with Gasteiger partial charge in [0.1, 0.15) is 0 Å². The third kappa shape index (κ3) is 2.32. The van der Waals surface area contributed by atoms with E-state index in [1.165, 1.54) is 6.20 Å². The van der Waals surface area contributed by atoms with Gasteiger partial charge in [-0.25, -0.2) is 0 Å². The van der Waals surface area contributed by atoms with Gasteiger partial charge >= 0.3 is 0 Å². The number of pyridine rings is 1. The summed E-state index contributed by atoms with van der Waals surface area (Å²) < 4.78 is 0. The van der Waals surface area contributed by atoms with Crippen LogP contribution in [0.2, 0.25) is 0 Å². The molecule has 0 aliphatic carbocycles. The van der Waals surface area contributed by atoms with Gasteiger partial charge in [-0.1, -0.05) is 6.07 Å². The van der Waals surface area contributed by atoms with E-state index in [4.69, 9.17) is 10.8 Å². The lowest BCUT2D eigenvalue weighted by molar-refractivity contribution is -0.117. The highest BCUT2D eigenvalue weighted by Crippen LogP contribution is 2.00. The molecule has 12 heavy (non-hydrogen) atoms.